The van der Waals surface area contributed by atoms with Crippen LogP contribution in [0.1, 0.15) is 52.3 Å². The first-order valence-corrected chi connectivity index (χ1v) is 11.1. The van der Waals surface area contributed by atoms with Crippen LogP contribution in [0.3, 0.4) is 0 Å². The number of thiophene rings is 1. The topological polar surface area (TPSA) is 79.4 Å². The highest BCUT2D eigenvalue weighted by molar-refractivity contribution is 7.16. The smallest absolute Gasteiger partial charge is 0.341 e. The summed E-state index contributed by atoms with van der Waals surface area (Å²) in [4.78, 5) is 19.8. The molecule has 1 aliphatic rings. The number of nitrogens with zero attached hydrogens (tertiary/aromatic N) is 2. The molecule has 1 aliphatic heterocycles. The van der Waals surface area contributed by atoms with E-state index in [1.54, 1.807) is 17.5 Å². The fourth-order valence-corrected chi connectivity index (χ4v) is 5.29. The Labute approximate surface area is 173 Å². The fraction of sp³-hybridized carbons (Fsp3) is 0.450. The van der Waals surface area contributed by atoms with Crippen LogP contribution >= 0.6 is 22.7 Å². The molecule has 0 saturated carbocycles. The van der Waals surface area contributed by atoms with Gasteiger partial charge in [-0.3, -0.25) is 0 Å². The van der Waals surface area contributed by atoms with Crippen molar-refractivity contribution in [2.24, 2.45) is 0 Å². The van der Waals surface area contributed by atoms with Crippen LogP contribution in [0.25, 0.3) is 5.57 Å². The van der Waals surface area contributed by atoms with Gasteiger partial charge in [-0.2, -0.15) is 5.26 Å². The fourth-order valence-electron chi connectivity index (χ4n) is 3.27. The highest BCUT2D eigenvalue weighted by Crippen LogP contribution is 2.36. The lowest BCUT2D eigenvalue weighted by molar-refractivity contribution is -0.936. The summed E-state index contributed by atoms with van der Waals surface area (Å²) >= 11 is 3.02. The monoisotopic (exact) mass is 417 g/mol. The average molecular weight is 418 g/mol. The van der Waals surface area contributed by atoms with Gasteiger partial charge in [0.05, 0.1) is 29.6 Å². The van der Waals surface area contributed by atoms with Gasteiger partial charge in [0.25, 0.3) is 0 Å². The van der Waals surface area contributed by atoms with Crippen molar-refractivity contribution in [1.82, 2.24) is 4.98 Å². The van der Waals surface area contributed by atoms with Crippen molar-refractivity contribution in [3.8, 4) is 6.07 Å². The van der Waals surface area contributed by atoms with E-state index in [1.165, 1.54) is 21.1 Å². The minimum absolute atomic E-state index is 0.299. The molecule has 3 heterocycles. The van der Waals surface area contributed by atoms with Crippen LogP contribution < -0.4 is 10.2 Å². The second-order valence-corrected chi connectivity index (χ2v) is 8.99. The molecule has 0 saturated heterocycles. The first-order valence-electron chi connectivity index (χ1n) is 9.40. The Morgan fingerprint density at radius 1 is 1.54 bits per heavy atom. The SMILES string of the molecule is CCOC(=O)c1c(N/C=C(\C#N)c2nc(C)cs2)sc2c1CC[NH+](C(C)C)C2. The van der Waals surface area contributed by atoms with Crippen molar-refractivity contribution in [2.75, 3.05) is 18.5 Å². The van der Waals surface area contributed by atoms with E-state index in [4.69, 9.17) is 4.74 Å². The summed E-state index contributed by atoms with van der Waals surface area (Å²) in [7, 11) is 0. The van der Waals surface area contributed by atoms with Crippen LogP contribution in [0, 0.1) is 18.3 Å². The summed E-state index contributed by atoms with van der Waals surface area (Å²) in [6, 6.07) is 2.73. The molecular formula is C20H25N4O2S2+. The number of carbonyl (C=O) groups is 1. The number of anilines is 1. The van der Waals surface area contributed by atoms with Gasteiger partial charge in [-0.25, -0.2) is 9.78 Å². The molecule has 0 aromatic carbocycles. The quantitative estimate of drug-likeness (QED) is 0.558. The second-order valence-electron chi connectivity index (χ2n) is 7.03. The van der Waals surface area contributed by atoms with Crippen molar-refractivity contribution in [2.45, 2.75) is 46.7 Å². The molecule has 2 N–H and O–H groups in total. The minimum atomic E-state index is -0.299. The lowest BCUT2D eigenvalue weighted by atomic mass is 10.0. The summed E-state index contributed by atoms with van der Waals surface area (Å²) in [5.41, 5.74) is 3.05. The normalized spacial score (nSPS) is 16.6. The van der Waals surface area contributed by atoms with Crippen molar-refractivity contribution >= 4 is 39.2 Å². The van der Waals surface area contributed by atoms with Gasteiger partial charge in [-0.05, 0) is 33.3 Å². The summed E-state index contributed by atoms with van der Waals surface area (Å²) in [5, 5.41) is 16.0. The number of thiazole rings is 1. The third-order valence-electron chi connectivity index (χ3n) is 4.79. The Kier molecular flexibility index (Phi) is 6.50. The van der Waals surface area contributed by atoms with Crippen molar-refractivity contribution in [3.05, 3.63) is 38.3 Å². The number of hydrogen-bond donors (Lipinski definition) is 2. The summed E-state index contributed by atoms with van der Waals surface area (Å²) < 4.78 is 5.31. The second kappa shape index (κ2) is 8.86. The van der Waals surface area contributed by atoms with E-state index in [0.717, 1.165) is 35.8 Å². The molecule has 0 spiro atoms. The van der Waals surface area contributed by atoms with Gasteiger partial charge >= 0.3 is 5.97 Å². The number of fused-ring (bicyclic) bond motifs is 1. The maximum absolute atomic E-state index is 12.6. The maximum Gasteiger partial charge on any atom is 0.341 e. The summed E-state index contributed by atoms with van der Waals surface area (Å²) in [5.74, 6) is -0.299. The molecule has 1 unspecified atom stereocenters. The minimum Gasteiger partial charge on any atom is -0.462 e. The molecule has 2 aromatic rings. The van der Waals surface area contributed by atoms with Gasteiger partial charge in [0, 0.05) is 23.7 Å². The molecule has 8 heteroatoms. The van der Waals surface area contributed by atoms with Gasteiger partial charge in [0.15, 0.2) is 0 Å². The van der Waals surface area contributed by atoms with Crippen LogP contribution in [-0.2, 0) is 17.7 Å². The van der Waals surface area contributed by atoms with Gasteiger partial charge in [-0.1, -0.05) is 0 Å². The Morgan fingerprint density at radius 2 is 2.32 bits per heavy atom. The molecule has 0 amide bonds. The van der Waals surface area contributed by atoms with E-state index in [0.29, 0.717) is 28.8 Å². The number of aryl methyl sites for hydroxylation is 1. The zero-order valence-corrected chi connectivity index (χ0v) is 18.2. The van der Waals surface area contributed by atoms with Crippen LogP contribution in [0.2, 0.25) is 0 Å². The number of esters is 1. The number of rotatable bonds is 6. The third kappa shape index (κ3) is 4.27. The van der Waals surface area contributed by atoms with Gasteiger partial charge in [-0.15, -0.1) is 22.7 Å². The van der Waals surface area contributed by atoms with Crippen LogP contribution in [-0.4, -0.2) is 30.1 Å². The molecule has 0 radical (unpaired) electrons. The molecule has 28 heavy (non-hydrogen) atoms. The first-order chi connectivity index (χ1) is 13.4. The lowest BCUT2D eigenvalue weighted by Gasteiger charge is -2.27. The van der Waals surface area contributed by atoms with E-state index in [9.17, 15) is 10.1 Å². The summed E-state index contributed by atoms with van der Waals surface area (Å²) in [6.45, 7) is 10.4. The average Bonchev–Trinajstić information content (AvgIpc) is 3.25. The lowest BCUT2D eigenvalue weighted by Crippen LogP contribution is -3.14. The highest BCUT2D eigenvalue weighted by Gasteiger charge is 2.31. The first kappa shape index (κ1) is 20.5. The molecule has 0 fully saturated rings. The van der Waals surface area contributed by atoms with Gasteiger partial charge < -0.3 is 15.0 Å². The number of quaternary nitrogens is 1. The largest absolute Gasteiger partial charge is 0.462 e. The van der Waals surface area contributed by atoms with Crippen molar-refractivity contribution < 1.29 is 14.4 Å². The number of hydrogen-bond acceptors (Lipinski definition) is 7. The number of nitrogens with one attached hydrogen (secondary N) is 2. The number of nitriles is 1. The van der Waals surface area contributed by atoms with Gasteiger partial charge in [0.2, 0.25) is 0 Å². The Bertz CT molecular complexity index is 937. The Hall–Kier alpha value is -2.21. The molecule has 0 bridgehead atoms. The molecule has 2 aromatic heterocycles. The molecular weight excluding hydrogens is 392 g/mol. The van der Waals surface area contributed by atoms with E-state index >= 15 is 0 Å². The van der Waals surface area contributed by atoms with E-state index in [1.807, 2.05) is 19.2 Å². The molecule has 0 aliphatic carbocycles. The zero-order chi connectivity index (χ0) is 20.3. The van der Waals surface area contributed by atoms with Crippen LogP contribution in [0.5, 0.6) is 0 Å². The molecule has 3 rings (SSSR count). The molecule has 1 atom stereocenters. The standard InChI is InChI=1S/C20H24N4O2S2/c1-5-26-20(25)17-15-6-7-24(12(2)3)10-16(15)28-19(17)22-9-14(8-21)18-23-13(4)11-27-18/h9,11-12,22H,5-7,10H2,1-4H3/p+1/b14-9+. The van der Waals surface area contributed by atoms with Crippen LogP contribution in [0.15, 0.2) is 11.6 Å². The zero-order valence-electron chi connectivity index (χ0n) is 16.6. The maximum atomic E-state index is 12.6. The third-order valence-corrected chi connectivity index (χ3v) is 6.94. The van der Waals surface area contributed by atoms with Crippen LogP contribution in [0.4, 0.5) is 5.00 Å². The number of allylic oxidation sites excluding steroid dienone is 1. The van der Waals surface area contributed by atoms with Crippen molar-refractivity contribution in [3.63, 3.8) is 0 Å². The predicted molar refractivity (Wildman–Crippen MR) is 113 cm³/mol. The number of aromatic nitrogens is 1. The Morgan fingerprint density at radius 3 is 2.93 bits per heavy atom. The van der Waals surface area contributed by atoms with E-state index in [2.05, 4.69) is 30.2 Å². The number of carbonyl (C=O) groups excluding carboxylic acids is 1. The Balaban J connectivity index is 1.94. The van der Waals surface area contributed by atoms with Gasteiger partial charge in [0.1, 0.15) is 28.2 Å². The highest BCUT2D eigenvalue weighted by atomic mass is 32.1. The number of ether oxygens (including phenoxy) is 1. The predicted octanol–water partition coefficient (Wildman–Crippen LogP) is 3.02. The van der Waals surface area contributed by atoms with E-state index in [-0.39, 0.29) is 5.97 Å². The van der Waals surface area contributed by atoms with E-state index < -0.39 is 0 Å². The summed E-state index contributed by atoms with van der Waals surface area (Å²) in [6.07, 6.45) is 2.50. The van der Waals surface area contributed by atoms with Crippen molar-refractivity contribution in [1.29, 1.82) is 5.26 Å². The molecule has 6 nitrogen and oxygen atoms in total. The molecule has 148 valence electrons.